The second kappa shape index (κ2) is 8.97. The first-order valence-corrected chi connectivity index (χ1v) is 5.45. The molecule has 0 radical (unpaired) electrons. The van der Waals surface area contributed by atoms with Crippen molar-refractivity contribution >= 4 is 5.91 Å². The highest BCUT2D eigenvalue weighted by molar-refractivity contribution is 5.81. The quantitative estimate of drug-likeness (QED) is 0.496. The molecule has 4 nitrogen and oxygen atoms in total. The number of hydrogen-bond acceptors (Lipinski definition) is 3. The molecule has 0 aromatic carbocycles. The smallest absolute Gasteiger partial charge is 0.236 e. The predicted molar refractivity (Wildman–Crippen MR) is 58.8 cm³/mol. The van der Waals surface area contributed by atoms with Crippen LogP contribution in [0.15, 0.2) is 0 Å². The minimum atomic E-state index is -0.348. The van der Waals surface area contributed by atoms with Gasteiger partial charge in [-0.05, 0) is 19.4 Å². The fourth-order valence-corrected chi connectivity index (χ4v) is 1.19. The van der Waals surface area contributed by atoms with E-state index in [0.29, 0.717) is 13.1 Å². The van der Waals surface area contributed by atoms with E-state index in [1.54, 1.807) is 0 Å². The number of nitrogens with one attached hydrogen (secondary N) is 1. The summed E-state index contributed by atoms with van der Waals surface area (Å²) in [5, 5.41) is 2.77. The van der Waals surface area contributed by atoms with E-state index in [-0.39, 0.29) is 11.9 Å². The lowest BCUT2D eigenvalue weighted by atomic mass is 10.1. The Hall–Kier alpha value is -0.610. The second-order valence-corrected chi connectivity index (χ2v) is 3.54. The lowest BCUT2D eigenvalue weighted by Gasteiger charge is -2.11. The first-order valence-electron chi connectivity index (χ1n) is 5.45. The van der Waals surface area contributed by atoms with Crippen LogP contribution in [0.3, 0.4) is 0 Å². The van der Waals surface area contributed by atoms with Crippen LogP contribution >= 0.6 is 0 Å². The summed E-state index contributed by atoms with van der Waals surface area (Å²) in [6.45, 7) is 3.37. The summed E-state index contributed by atoms with van der Waals surface area (Å²) in [6.07, 6.45) is 4.92. The van der Waals surface area contributed by atoms with Gasteiger partial charge in [-0.25, -0.2) is 0 Å². The highest BCUT2D eigenvalue weighted by Gasteiger charge is 2.11. The predicted octanol–water partition coefficient (Wildman–Crippen LogP) is 0.359. The fraction of sp³-hybridized carbons (Fsp3) is 0.900. The molecule has 1 unspecified atom stereocenters. The first kappa shape index (κ1) is 13.4. The normalized spacial score (nSPS) is 12.5. The molecule has 84 valence electrons. The highest BCUT2D eigenvalue weighted by atomic mass is 16.2. The number of carbonyl (C=O) groups excluding carboxylic acids is 1. The zero-order chi connectivity index (χ0) is 10.8. The van der Waals surface area contributed by atoms with Gasteiger partial charge in [0.05, 0.1) is 6.04 Å². The number of hydrogen-bond donors (Lipinski definition) is 3. The lowest BCUT2D eigenvalue weighted by molar-refractivity contribution is -0.122. The Balaban J connectivity index is 3.44. The van der Waals surface area contributed by atoms with Gasteiger partial charge in [0.15, 0.2) is 0 Å². The van der Waals surface area contributed by atoms with Gasteiger partial charge in [-0.15, -0.1) is 0 Å². The molecule has 0 rings (SSSR count). The third-order valence-corrected chi connectivity index (χ3v) is 2.14. The van der Waals surface area contributed by atoms with Crippen LogP contribution in [0, 0.1) is 0 Å². The van der Waals surface area contributed by atoms with E-state index >= 15 is 0 Å². The van der Waals surface area contributed by atoms with Crippen LogP contribution in [-0.2, 0) is 4.79 Å². The zero-order valence-corrected chi connectivity index (χ0v) is 9.09. The number of carbonyl (C=O) groups is 1. The van der Waals surface area contributed by atoms with E-state index in [4.69, 9.17) is 11.5 Å². The van der Waals surface area contributed by atoms with E-state index < -0.39 is 0 Å². The van der Waals surface area contributed by atoms with Crippen LogP contribution in [0.5, 0.6) is 0 Å². The first-order chi connectivity index (χ1) is 6.72. The topological polar surface area (TPSA) is 81.1 Å². The average Bonchev–Trinajstić information content (AvgIpc) is 2.18. The molecule has 0 aliphatic carbocycles. The summed E-state index contributed by atoms with van der Waals surface area (Å²) >= 11 is 0. The van der Waals surface area contributed by atoms with E-state index in [0.717, 1.165) is 32.1 Å². The van der Waals surface area contributed by atoms with Crippen molar-refractivity contribution in [2.75, 3.05) is 13.1 Å². The second-order valence-electron chi connectivity index (χ2n) is 3.54. The van der Waals surface area contributed by atoms with Crippen molar-refractivity contribution in [3.05, 3.63) is 0 Å². The van der Waals surface area contributed by atoms with Crippen molar-refractivity contribution in [3.63, 3.8) is 0 Å². The molecule has 0 heterocycles. The zero-order valence-electron chi connectivity index (χ0n) is 9.09. The molecule has 1 atom stereocenters. The van der Waals surface area contributed by atoms with E-state index in [1.165, 1.54) is 0 Å². The molecule has 0 aliphatic rings. The summed E-state index contributed by atoms with van der Waals surface area (Å²) in [4.78, 5) is 11.3. The summed E-state index contributed by atoms with van der Waals surface area (Å²) in [7, 11) is 0. The maximum Gasteiger partial charge on any atom is 0.236 e. The van der Waals surface area contributed by atoms with Crippen molar-refractivity contribution in [1.82, 2.24) is 5.32 Å². The van der Waals surface area contributed by atoms with Gasteiger partial charge < -0.3 is 16.8 Å². The lowest BCUT2D eigenvalue weighted by Crippen LogP contribution is -2.41. The summed E-state index contributed by atoms with van der Waals surface area (Å²) < 4.78 is 0. The van der Waals surface area contributed by atoms with Crippen LogP contribution in [-0.4, -0.2) is 25.0 Å². The van der Waals surface area contributed by atoms with E-state index in [9.17, 15) is 4.79 Å². The number of unbranched alkanes of at least 4 members (excludes halogenated alkanes) is 2. The van der Waals surface area contributed by atoms with Crippen LogP contribution in [0.2, 0.25) is 0 Å². The maximum atomic E-state index is 11.3. The van der Waals surface area contributed by atoms with Gasteiger partial charge in [-0.2, -0.15) is 0 Å². The van der Waals surface area contributed by atoms with Crippen molar-refractivity contribution in [3.8, 4) is 0 Å². The molecule has 0 aromatic heterocycles. The molecule has 0 saturated heterocycles. The van der Waals surface area contributed by atoms with Gasteiger partial charge in [0.1, 0.15) is 0 Å². The standard InChI is InChI=1S/C10H23N3O/c1-2-3-4-6-9(12)10(14)13-8-5-7-11/h9H,2-8,11-12H2,1H3,(H,13,14). The van der Waals surface area contributed by atoms with Gasteiger partial charge in [-0.1, -0.05) is 26.2 Å². The molecular formula is C10H23N3O. The fourth-order valence-electron chi connectivity index (χ4n) is 1.19. The monoisotopic (exact) mass is 201 g/mol. The van der Waals surface area contributed by atoms with Crippen molar-refractivity contribution in [2.24, 2.45) is 11.5 Å². The highest BCUT2D eigenvalue weighted by Crippen LogP contribution is 2.01. The third-order valence-electron chi connectivity index (χ3n) is 2.14. The van der Waals surface area contributed by atoms with Crippen molar-refractivity contribution in [2.45, 2.75) is 45.1 Å². The Morgan fingerprint density at radius 2 is 2.07 bits per heavy atom. The van der Waals surface area contributed by atoms with Crippen molar-refractivity contribution in [1.29, 1.82) is 0 Å². The Kier molecular flexibility index (Phi) is 8.57. The Morgan fingerprint density at radius 3 is 2.64 bits per heavy atom. The van der Waals surface area contributed by atoms with Crippen LogP contribution < -0.4 is 16.8 Å². The minimum Gasteiger partial charge on any atom is -0.355 e. The molecule has 4 heteroatoms. The largest absolute Gasteiger partial charge is 0.355 e. The SMILES string of the molecule is CCCCCC(N)C(=O)NCCCN. The molecule has 0 fully saturated rings. The maximum absolute atomic E-state index is 11.3. The molecule has 0 saturated carbocycles. The van der Waals surface area contributed by atoms with Crippen LogP contribution in [0.25, 0.3) is 0 Å². The van der Waals surface area contributed by atoms with E-state index in [1.807, 2.05) is 0 Å². The van der Waals surface area contributed by atoms with E-state index in [2.05, 4.69) is 12.2 Å². The molecule has 14 heavy (non-hydrogen) atoms. The molecule has 0 bridgehead atoms. The molecule has 0 aliphatic heterocycles. The van der Waals surface area contributed by atoms with Gasteiger partial charge in [-0.3, -0.25) is 4.79 Å². The number of rotatable bonds is 8. The van der Waals surface area contributed by atoms with Crippen LogP contribution in [0.4, 0.5) is 0 Å². The minimum absolute atomic E-state index is 0.0467. The van der Waals surface area contributed by atoms with Gasteiger partial charge in [0.2, 0.25) is 5.91 Å². The Morgan fingerprint density at radius 1 is 1.36 bits per heavy atom. The molecular weight excluding hydrogens is 178 g/mol. The van der Waals surface area contributed by atoms with Gasteiger partial charge in [0.25, 0.3) is 0 Å². The van der Waals surface area contributed by atoms with Gasteiger partial charge in [0, 0.05) is 6.54 Å². The van der Waals surface area contributed by atoms with Gasteiger partial charge >= 0.3 is 0 Å². The number of nitrogens with two attached hydrogens (primary N) is 2. The average molecular weight is 201 g/mol. The Labute approximate surface area is 86.4 Å². The summed E-state index contributed by atoms with van der Waals surface area (Å²) in [5.41, 5.74) is 11.0. The number of amides is 1. The molecule has 0 spiro atoms. The molecule has 5 N–H and O–H groups in total. The third kappa shape index (κ3) is 6.86. The van der Waals surface area contributed by atoms with Crippen molar-refractivity contribution < 1.29 is 4.79 Å². The summed E-state index contributed by atoms with van der Waals surface area (Å²) in [5.74, 6) is -0.0467. The Bertz CT molecular complexity index is 150. The molecule has 1 amide bonds. The van der Waals surface area contributed by atoms with Crippen LogP contribution in [0.1, 0.15) is 39.0 Å². The summed E-state index contributed by atoms with van der Waals surface area (Å²) in [6, 6.07) is -0.348. The molecule has 0 aromatic rings.